The predicted molar refractivity (Wildman–Crippen MR) is 114 cm³/mol. The van der Waals surface area contributed by atoms with Gasteiger partial charge in [0.1, 0.15) is 18.5 Å². The quantitative estimate of drug-likeness (QED) is 0.570. The Hall–Kier alpha value is -2.89. The molecule has 0 amide bonds. The largest absolute Gasteiger partial charge is 0.490 e. The van der Waals surface area contributed by atoms with Gasteiger partial charge in [0.2, 0.25) is 0 Å². The first-order valence-electron chi connectivity index (χ1n) is 9.79. The fourth-order valence-electron chi connectivity index (χ4n) is 3.28. The lowest BCUT2D eigenvalue weighted by Crippen LogP contribution is -2.39. The van der Waals surface area contributed by atoms with Crippen LogP contribution in [0, 0.1) is 0 Å². The first-order valence-corrected chi connectivity index (χ1v) is 9.79. The van der Waals surface area contributed by atoms with Crippen molar-refractivity contribution in [2.75, 3.05) is 13.2 Å². The van der Waals surface area contributed by atoms with Gasteiger partial charge in [0, 0.05) is 24.5 Å². The number of carboxylic acids is 1. The normalized spacial score (nSPS) is 12.4. The first-order chi connectivity index (χ1) is 13.9. The van der Waals surface area contributed by atoms with Gasteiger partial charge in [-0.2, -0.15) is 0 Å². The van der Waals surface area contributed by atoms with E-state index in [4.69, 9.17) is 9.84 Å². The van der Waals surface area contributed by atoms with Crippen LogP contribution in [0.3, 0.4) is 0 Å². The lowest BCUT2D eigenvalue weighted by molar-refractivity contribution is 0.0547. The van der Waals surface area contributed by atoms with Crippen molar-refractivity contribution >= 4 is 16.7 Å². The van der Waals surface area contributed by atoms with Gasteiger partial charge < -0.3 is 14.9 Å². The number of aliphatic hydroxyl groups excluding tert-OH is 1. The second kappa shape index (κ2) is 9.54. The van der Waals surface area contributed by atoms with Crippen LogP contribution in [0.5, 0.6) is 5.75 Å². The number of aliphatic hydroxyl groups is 1. The molecule has 1 unspecified atom stereocenters. The average molecular weight is 393 g/mol. The van der Waals surface area contributed by atoms with Gasteiger partial charge >= 0.3 is 5.97 Å². The van der Waals surface area contributed by atoms with E-state index in [0.29, 0.717) is 13.1 Å². The van der Waals surface area contributed by atoms with Crippen molar-refractivity contribution in [1.29, 1.82) is 0 Å². The number of hydrogen-bond donors (Lipinski definition) is 2. The van der Waals surface area contributed by atoms with E-state index in [-0.39, 0.29) is 18.2 Å². The summed E-state index contributed by atoms with van der Waals surface area (Å²) in [6.07, 6.45) is -0.644. The van der Waals surface area contributed by atoms with Crippen LogP contribution in [0.1, 0.15) is 29.8 Å². The minimum Gasteiger partial charge on any atom is -0.490 e. The van der Waals surface area contributed by atoms with Crippen molar-refractivity contribution < 1.29 is 19.7 Å². The molecule has 5 heteroatoms. The zero-order valence-electron chi connectivity index (χ0n) is 16.8. The number of carbonyl (C=O) groups is 1. The molecule has 3 aromatic rings. The Morgan fingerprint density at radius 1 is 1.00 bits per heavy atom. The van der Waals surface area contributed by atoms with E-state index in [0.717, 1.165) is 22.1 Å². The van der Waals surface area contributed by atoms with E-state index in [1.165, 1.54) is 0 Å². The molecule has 0 bridgehead atoms. The van der Waals surface area contributed by atoms with E-state index in [1.807, 2.05) is 54.6 Å². The summed E-state index contributed by atoms with van der Waals surface area (Å²) in [6, 6.07) is 21.0. The molecule has 0 saturated carbocycles. The number of nitrogens with zero attached hydrogens (tertiary/aromatic N) is 1. The number of ether oxygens (including phenoxy) is 1. The number of carboxylic acid groups (broad SMARTS) is 1. The number of aromatic carboxylic acids is 1. The Bertz CT molecular complexity index is 947. The maximum absolute atomic E-state index is 11.0. The van der Waals surface area contributed by atoms with Gasteiger partial charge in [-0.1, -0.05) is 48.5 Å². The summed E-state index contributed by atoms with van der Waals surface area (Å²) < 4.78 is 5.91. The van der Waals surface area contributed by atoms with E-state index >= 15 is 0 Å². The molecule has 2 N–H and O–H groups in total. The molecule has 3 aromatic carbocycles. The minimum absolute atomic E-state index is 0.204. The third kappa shape index (κ3) is 5.56. The van der Waals surface area contributed by atoms with Gasteiger partial charge in [0.15, 0.2) is 0 Å². The van der Waals surface area contributed by atoms with Crippen LogP contribution in [0.4, 0.5) is 0 Å². The summed E-state index contributed by atoms with van der Waals surface area (Å²) in [7, 11) is 0. The SMILES string of the molecule is CC(C)N(Cc1ccc(C(=O)O)cc1)CC(O)COc1cccc2ccccc12. The molecular formula is C24H27NO4. The molecule has 0 radical (unpaired) electrons. The van der Waals surface area contributed by atoms with Crippen LogP contribution in [0.2, 0.25) is 0 Å². The maximum Gasteiger partial charge on any atom is 0.335 e. The van der Waals surface area contributed by atoms with Gasteiger partial charge in [-0.15, -0.1) is 0 Å². The molecule has 0 saturated heterocycles. The smallest absolute Gasteiger partial charge is 0.335 e. The van der Waals surface area contributed by atoms with E-state index < -0.39 is 12.1 Å². The zero-order chi connectivity index (χ0) is 20.8. The summed E-state index contributed by atoms with van der Waals surface area (Å²) >= 11 is 0. The molecule has 152 valence electrons. The second-order valence-corrected chi connectivity index (χ2v) is 7.47. The van der Waals surface area contributed by atoms with Gasteiger partial charge in [0.05, 0.1) is 5.56 Å². The fourth-order valence-corrected chi connectivity index (χ4v) is 3.28. The molecule has 0 aliphatic heterocycles. The Balaban J connectivity index is 1.60. The number of hydrogen-bond acceptors (Lipinski definition) is 4. The molecular weight excluding hydrogens is 366 g/mol. The van der Waals surface area contributed by atoms with Gasteiger partial charge in [-0.3, -0.25) is 4.90 Å². The van der Waals surface area contributed by atoms with Crippen molar-refractivity contribution in [3.8, 4) is 5.75 Å². The summed E-state index contributed by atoms with van der Waals surface area (Å²) in [5, 5.41) is 21.7. The minimum atomic E-state index is -0.932. The molecule has 0 aliphatic carbocycles. The summed E-state index contributed by atoms with van der Waals surface area (Å²) in [6.45, 7) is 5.44. The highest BCUT2D eigenvalue weighted by Gasteiger charge is 2.16. The Kier molecular flexibility index (Phi) is 6.86. The van der Waals surface area contributed by atoms with Gasteiger partial charge in [0.25, 0.3) is 0 Å². The third-order valence-corrected chi connectivity index (χ3v) is 4.94. The van der Waals surface area contributed by atoms with Crippen LogP contribution < -0.4 is 4.74 Å². The molecule has 3 rings (SSSR count). The monoisotopic (exact) mass is 393 g/mol. The molecule has 0 spiro atoms. The Morgan fingerprint density at radius 3 is 2.38 bits per heavy atom. The number of rotatable bonds is 9. The van der Waals surface area contributed by atoms with Crippen molar-refractivity contribution in [1.82, 2.24) is 4.90 Å². The highest BCUT2D eigenvalue weighted by molar-refractivity contribution is 5.88. The second-order valence-electron chi connectivity index (χ2n) is 7.47. The van der Waals surface area contributed by atoms with Crippen LogP contribution in [0.25, 0.3) is 10.8 Å². The van der Waals surface area contributed by atoms with Crippen LogP contribution in [0.15, 0.2) is 66.7 Å². The third-order valence-electron chi connectivity index (χ3n) is 4.94. The Labute approximate surface area is 171 Å². The van der Waals surface area contributed by atoms with E-state index in [1.54, 1.807) is 12.1 Å². The molecule has 29 heavy (non-hydrogen) atoms. The van der Waals surface area contributed by atoms with E-state index in [9.17, 15) is 9.90 Å². The van der Waals surface area contributed by atoms with Crippen molar-refractivity contribution in [3.63, 3.8) is 0 Å². The first kappa shape index (κ1) is 20.8. The molecule has 0 aromatic heterocycles. The summed E-state index contributed by atoms with van der Waals surface area (Å²) in [4.78, 5) is 13.1. The molecule has 0 fully saturated rings. The van der Waals surface area contributed by atoms with Crippen LogP contribution in [-0.4, -0.2) is 46.4 Å². The van der Waals surface area contributed by atoms with Crippen LogP contribution >= 0.6 is 0 Å². The fraction of sp³-hybridized carbons (Fsp3) is 0.292. The molecule has 5 nitrogen and oxygen atoms in total. The Morgan fingerprint density at radius 2 is 1.69 bits per heavy atom. The average Bonchev–Trinajstić information content (AvgIpc) is 2.72. The lowest BCUT2D eigenvalue weighted by atomic mass is 10.1. The number of benzene rings is 3. The number of fused-ring (bicyclic) bond motifs is 1. The molecule has 0 heterocycles. The summed E-state index contributed by atoms with van der Waals surface area (Å²) in [5.74, 6) is -0.166. The standard InChI is InChI=1S/C24H27NO4/c1-17(2)25(14-18-10-12-20(13-11-18)24(27)28)15-21(26)16-29-23-9-5-7-19-6-3-4-8-22(19)23/h3-13,17,21,26H,14-16H2,1-2H3,(H,27,28). The van der Waals surface area contributed by atoms with Crippen LogP contribution in [-0.2, 0) is 6.54 Å². The highest BCUT2D eigenvalue weighted by atomic mass is 16.5. The highest BCUT2D eigenvalue weighted by Crippen LogP contribution is 2.25. The molecule has 0 aliphatic rings. The lowest BCUT2D eigenvalue weighted by Gasteiger charge is -2.29. The van der Waals surface area contributed by atoms with Crippen molar-refractivity contribution in [2.45, 2.75) is 32.5 Å². The zero-order valence-corrected chi connectivity index (χ0v) is 16.8. The van der Waals surface area contributed by atoms with E-state index in [2.05, 4.69) is 18.7 Å². The summed E-state index contributed by atoms with van der Waals surface area (Å²) in [5.41, 5.74) is 1.28. The molecule has 1 atom stereocenters. The van der Waals surface area contributed by atoms with Crippen molar-refractivity contribution in [2.24, 2.45) is 0 Å². The topological polar surface area (TPSA) is 70.0 Å². The van der Waals surface area contributed by atoms with Gasteiger partial charge in [-0.05, 0) is 43.0 Å². The maximum atomic E-state index is 11.0. The van der Waals surface area contributed by atoms with Crippen molar-refractivity contribution in [3.05, 3.63) is 77.9 Å². The predicted octanol–water partition coefficient (Wildman–Crippen LogP) is 4.19. The van der Waals surface area contributed by atoms with Gasteiger partial charge in [-0.25, -0.2) is 4.79 Å².